The molecule has 0 aliphatic carbocycles. The molecule has 1 heterocycles. The molecule has 0 saturated heterocycles. The number of carbonyl (C=O) groups is 1. The summed E-state index contributed by atoms with van der Waals surface area (Å²) >= 11 is 1.39. The molecule has 3 N–H and O–H groups in total. The zero-order valence-corrected chi connectivity index (χ0v) is 18.7. The van der Waals surface area contributed by atoms with Gasteiger partial charge in [-0.05, 0) is 36.6 Å². The minimum Gasteiger partial charge on any atom is -0.371 e. The van der Waals surface area contributed by atoms with Crippen LogP contribution < -0.4 is 14.6 Å². The average molecular weight is 482 g/mol. The van der Waals surface area contributed by atoms with E-state index in [2.05, 4.69) is 14.5 Å². The molecule has 0 fully saturated rings. The smallest absolute Gasteiger partial charge is 0.371 e. The van der Waals surface area contributed by atoms with E-state index in [1.807, 2.05) is 12.3 Å². The standard InChI is InChI=1S/C21H21F2N3O4S2/c1-2-15-12-31-21(25-15)18(10-13-6-8-16(9-7-13)30-32(24,28)29)26-19(27)11-14-4-3-5-17(22)20(14)23/h3-9,12,18H,2,10-11H2,1H3,(H,26,27)(H2,24,28,29)/t18-/m0/s1. The predicted molar refractivity (Wildman–Crippen MR) is 116 cm³/mol. The van der Waals surface area contributed by atoms with E-state index in [0.717, 1.165) is 23.7 Å². The molecule has 1 amide bonds. The number of hydrogen-bond acceptors (Lipinski definition) is 6. The van der Waals surface area contributed by atoms with E-state index in [1.165, 1.54) is 35.6 Å². The zero-order valence-electron chi connectivity index (χ0n) is 17.0. The van der Waals surface area contributed by atoms with Crippen LogP contribution in [0.4, 0.5) is 8.78 Å². The summed E-state index contributed by atoms with van der Waals surface area (Å²) in [6, 6.07) is 9.34. The van der Waals surface area contributed by atoms with Crippen molar-refractivity contribution in [3.05, 3.63) is 81.3 Å². The summed E-state index contributed by atoms with van der Waals surface area (Å²) in [5.74, 6) is -2.49. The van der Waals surface area contributed by atoms with Crippen LogP contribution in [-0.2, 0) is 34.4 Å². The van der Waals surface area contributed by atoms with Gasteiger partial charge in [-0.2, -0.15) is 13.6 Å². The second-order valence-corrected chi connectivity index (χ2v) is 9.01. The topological polar surface area (TPSA) is 111 Å². The number of nitrogens with zero attached hydrogens (tertiary/aromatic N) is 1. The van der Waals surface area contributed by atoms with Gasteiger partial charge >= 0.3 is 10.3 Å². The average Bonchev–Trinajstić information content (AvgIpc) is 3.20. The number of nitrogens with two attached hydrogens (primary N) is 1. The lowest BCUT2D eigenvalue weighted by Gasteiger charge is -2.17. The molecule has 7 nitrogen and oxygen atoms in total. The Morgan fingerprint density at radius 3 is 2.56 bits per heavy atom. The number of hydrogen-bond donors (Lipinski definition) is 2. The first-order chi connectivity index (χ1) is 15.1. The van der Waals surface area contributed by atoms with Crippen molar-refractivity contribution in [3.8, 4) is 5.75 Å². The number of benzene rings is 2. The maximum absolute atomic E-state index is 13.9. The zero-order chi connectivity index (χ0) is 23.3. The summed E-state index contributed by atoms with van der Waals surface area (Å²) in [6.45, 7) is 1.96. The highest BCUT2D eigenvalue weighted by Gasteiger charge is 2.20. The number of aryl methyl sites for hydroxylation is 1. The van der Waals surface area contributed by atoms with E-state index in [0.29, 0.717) is 11.4 Å². The summed E-state index contributed by atoms with van der Waals surface area (Å²) in [4.78, 5) is 17.1. The van der Waals surface area contributed by atoms with E-state index in [1.54, 1.807) is 12.1 Å². The van der Waals surface area contributed by atoms with Crippen molar-refractivity contribution < 1.29 is 26.2 Å². The molecule has 1 atom stereocenters. The molecule has 170 valence electrons. The predicted octanol–water partition coefficient (Wildman–Crippen LogP) is 3.21. The molecule has 11 heteroatoms. The van der Waals surface area contributed by atoms with Gasteiger partial charge in [0.25, 0.3) is 0 Å². The Hall–Kier alpha value is -2.89. The van der Waals surface area contributed by atoms with Crippen LogP contribution in [0.3, 0.4) is 0 Å². The largest absolute Gasteiger partial charge is 0.380 e. The fraction of sp³-hybridized carbons (Fsp3) is 0.238. The Morgan fingerprint density at radius 1 is 1.22 bits per heavy atom. The van der Waals surface area contributed by atoms with Gasteiger partial charge in [-0.25, -0.2) is 13.8 Å². The van der Waals surface area contributed by atoms with Crippen molar-refractivity contribution in [3.63, 3.8) is 0 Å². The van der Waals surface area contributed by atoms with Gasteiger partial charge in [-0.15, -0.1) is 11.3 Å². The van der Waals surface area contributed by atoms with Crippen LogP contribution >= 0.6 is 11.3 Å². The second-order valence-electron chi connectivity index (χ2n) is 6.96. The van der Waals surface area contributed by atoms with Crippen LogP contribution in [0, 0.1) is 11.6 Å². The fourth-order valence-corrected chi connectivity index (χ4v) is 4.33. The highest BCUT2D eigenvalue weighted by molar-refractivity contribution is 7.84. The highest BCUT2D eigenvalue weighted by Crippen LogP contribution is 2.24. The van der Waals surface area contributed by atoms with Gasteiger partial charge in [-0.3, -0.25) is 4.79 Å². The van der Waals surface area contributed by atoms with Crippen molar-refractivity contribution in [2.24, 2.45) is 5.14 Å². The summed E-state index contributed by atoms with van der Waals surface area (Å²) < 4.78 is 54.1. The Bertz CT molecular complexity index is 1200. The normalized spacial score (nSPS) is 12.4. The van der Waals surface area contributed by atoms with Crippen LogP contribution in [0.15, 0.2) is 47.8 Å². The molecule has 1 aromatic heterocycles. The lowest BCUT2D eigenvalue weighted by Crippen LogP contribution is -2.31. The third-order valence-corrected chi connectivity index (χ3v) is 5.96. The number of halogens is 2. The lowest BCUT2D eigenvalue weighted by molar-refractivity contribution is -0.121. The van der Waals surface area contributed by atoms with Gasteiger partial charge < -0.3 is 9.50 Å². The first-order valence-electron chi connectivity index (χ1n) is 9.62. The van der Waals surface area contributed by atoms with Gasteiger partial charge in [0, 0.05) is 10.9 Å². The van der Waals surface area contributed by atoms with Gasteiger partial charge in [0.15, 0.2) is 11.6 Å². The van der Waals surface area contributed by atoms with Gasteiger partial charge in [0.2, 0.25) is 5.91 Å². The molecule has 0 aliphatic heterocycles. The molecule has 3 rings (SSSR count). The lowest BCUT2D eigenvalue weighted by atomic mass is 10.1. The molecular weight excluding hydrogens is 460 g/mol. The van der Waals surface area contributed by atoms with Gasteiger partial charge in [0.1, 0.15) is 10.8 Å². The SMILES string of the molecule is CCc1csc([C@H](Cc2ccc(OS(N)(=O)=O)cc2)NC(=O)Cc2cccc(F)c2F)n1. The molecule has 0 unspecified atom stereocenters. The number of aromatic nitrogens is 1. The van der Waals surface area contributed by atoms with Crippen LogP contribution in [0.25, 0.3) is 0 Å². The minimum absolute atomic E-state index is 0.0425. The Kier molecular flexibility index (Phi) is 7.54. The Labute approximate surface area is 188 Å². The van der Waals surface area contributed by atoms with E-state index < -0.39 is 33.9 Å². The first-order valence-corrected chi connectivity index (χ1v) is 12.0. The maximum Gasteiger partial charge on any atom is 0.380 e. The summed E-state index contributed by atoms with van der Waals surface area (Å²) in [5.41, 5.74) is 1.60. The van der Waals surface area contributed by atoms with Crippen LogP contribution in [0.2, 0.25) is 0 Å². The minimum atomic E-state index is -4.13. The molecule has 0 bridgehead atoms. The monoisotopic (exact) mass is 481 g/mol. The van der Waals surface area contributed by atoms with Crippen molar-refractivity contribution in [2.45, 2.75) is 32.2 Å². The van der Waals surface area contributed by atoms with Crippen LogP contribution in [-0.4, -0.2) is 19.3 Å². The van der Waals surface area contributed by atoms with Crippen LogP contribution in [0.5, 0.6) is 5.75 Å². The number of thiazole rings is 1. The fourth-order valence-electron chi connectivity index (χ4n) is 3.00. The molecule has 0 aliphatic rings. The highest BCUT2D eigenvalue weighted by atomic mass is 32.2. The molecule has 2 aromatic carbocycles. The maximum atomic E-state index is 13.9. The Balaban J connectivity index is 1.78. The summed E-state index contributed by atoms with van der Waals surface area (Å²) in [5, 5.41) is 10.3. The van der Waals surface area contributed by atoms with E-state index in [-0.39, 0.29) is 17.7 Å². The molecule has 0 spiro atoms. The van der Waals surface area contributed by atoms with Crippen molar-refractivity contribution in [2.75, 3.05) is 0 Å². The van der Waals surface area contributed by atoms with Crippen LogP contribution in [0.1, 0.15) is 34.8 Å². The summed E-state index contributed by atoms with van der Waals surface area (Å²) in [6.07, 6.45) is 0.738. The molecule has 3 aromatic rings. The number of carbonyl (C=O) groups excluding carboxylic acids is 1. The number of amides is 1. The van der Waals surface area contributed by atoms with Crippen molar-refractivity contribution in [1.29, 1.82) is 0 Å². The van der Waals surface area contributed by atoms with E-state index in [4.69, 9.17) is 5.14 Å². The molecule has 0 radical (unpaired) electrons. The molecule has 0 saturated carbocycles. The Morgan fingerprint density at radius 2 is 1.94 bits per heavy atom. The van der Waals surface area contributed by atoms with Gasteiger partial charge in [-0.1, -0.05) is 31.2 Å². The van der Waals surface area contributed by atoms with E-state index in [9.17, 15) is 22.0 Å². The van der Waals surface area contributed by atoms with Crippen molar-refractivity contribution in [1.82, 2.24) is 10.3 Å². The molecule has 32 heavy (non-hydrogen) atoms. The summed E-state index contributed by atoms with van der Waals surface area (Å²) in [7, 11) is -4.13. The van der Waals surface area contributed by atoms with E-state index >= 15 is 0 Å². The van der Waals surface area contributed by atoms with Gasteiger partial charge in [0.05, 0.1) is 18.2 Å². The molecular formula is C21H21F2N3O4S2. The first kappa shape index (κ1) is 23.8. The number of rotatable bonds is 9. The quantitative estimate of drug-likeness (QED) is 0.488. The third kappa shape index (κ3) is 6.55. The third-order valence-electron chi connectivity index (χ3n) is 4.52. The second kappa shape index (κ2) is 10.2. The number of nitrogens with one attached hydrogen (secondary N) is 1. The van der Waals surface area contributed by atoms with Crippen molar-refractivity contribution >= 4 is 27.5 Å².